The predicted octanol–water partition coefficient (Wildman–Crippen LogP) is 2.13. The Morgan fingerprint density at radius 3 is 2.67 bits per heavy atom. The Hall–Kier alpha value is -0.880. The number of benzene rings is 1. The van der Waals surface area contributed by atoms with Crippen LogP contribution in [0.5, 0.6) is 0 Å². The molecule has 0 radical (unpaired) electrons. The van der Waals surface area contributed by atoms with Gasteiger partial charge in [-0.2, -0.15) is 0 Å². The van der Waals surface area contributed by atoms with Crippen LogP contribution in [0.1, 0.15) is 10.4 Å². The van der Waals surface area contributed by atoms with Crippen molar-refractivity contribution in [3.63, 3.8) is 0 Å². The Bertz CT molecular complexity index is 505. The van der Waals surface area contributed by atoms with E-state index in [9.17, 15) is 9.59 Å². The van der Waals surface area contributed by atoms with Crippen LogP contribution in [0, 0.1) is 0 Å². The number of nitrogens with zero attached hydrogens (tertiary/aromatic N) is 2. The summed E-state index contributed by atoms with van der Waals surface area (Å²) >= 11 is 6.70. The lowest BCUT2D eigenvalue weighted by molar-refractivity contribution is -0.133. The highest BCUT2D eigenvalue weighted by molar-refractivity contribution is 9.11. The maximum absolute atomic E-state index is 12.3. The van der Waals surface area contributed by atoms with Gasteiger partial charge in [-0.3, -0.25) is 9.59 Å². The molecule has 1 aliphatic heterocycles. The molecule has 1 saturated heterocycles. The second kappa shape index (κ2) is 5.40. The largest absolute Gasteiger partial charge is 0.342 e. The first-order chi connectivity index (χ1) is 8.49. The summed E-state index contributed by atoms with van der Waals surface area (Å²) in [4.78, 5) is 27.1. The standard InChI is InChI=1S/C12H12Br2N2O2/c1-15-4-5-16(7-11(15)17)12(18)9-6-8(13)2-3-10(9)14/h2-3,6H,4-5,7H2,1H3. The third-order valence-electron chi connectivity index (χ3n) is 2.90. The van der Waals surface area contributed by atoms with E-state index in [-0.39, 0.29) is 18.4 Å². The van der Waals surface area contributed by atoms with Crippen LogP contribution in [0.2, 0.25) is 0 Å². The van der Waals surface area contributed by atoms with Crippen LogP contribution in [0.3, 0.4) is 0 Å². The molecule has 0 aromatic heterocycles. The molecule has 1 aromatic carbocycles. The molecule has 0 spiro atoms. The average molecular weight is 376 g/mol. The zero-order valence-corrected chi connectivity index (χ0v) is 13.0. The first-order valence-corrected chi connectivity index (χ1v) is 7.06. The molecule has 0 N–H and O–H groups in total. The van der Waals surface area contributed by atoms with Gasteiger partial charge < -0.3 is 9.80 Å². The molecule has 1 fully saturated rings. The minimum atomic E-state index is -0.121. The lowest BCUT2D eigenvalue weighted by Gasteiger charge is -2.32. The minimum Gasteiger partial charge on any atom is -0.342 e. The van der Waals surface area contributed by atoms with Crippen molar-refractivity contribution < 1.29 is 9.59 Å². The fourth-order valence-corrected chi connectivity index (χ4v) is 2.54. The molecule has 96 valence electrons. The van der Waals surface area contributed by atoms with Gasteiger partial charge in [-0.25, -0.2) is 0 Å². The van der Waals surface area contributed by atoms with Crippen LogP contribution in [0.15, 0.2) is 27.1 Å². The fourth-order valence-electron chi connectivity index (χ4n) is 1.76. The van der Waals surface area contributed by atoms with Gasteiger partial charge in [0.2, 0.25) is 5.91 Å². The van der Waals surface area contributed by atoms with Crippen molar-refractivity contribution in [2.24, 2.45) is 0 Å². The molecule has 1 heterocycles. The number of carbonyl (C=O) groups excluding carboxylic acids is 2. The Morgan fingerprint density at radius 2 is 2.00 bits per heavy atom. The number of carbonyl (C=O) groups is 2. The fraction of sp³-hybridized carbons (Fsp3) is 0.333. The molecule has 2 rings (SSSR count). The van der Waals surface area contributed by atoms with Crippen LogP contribution in [-0.2, 0) is 4.79 Å². The molecule has 4 nitrogen and oxygen atoms in total. The van der Waals surface area contributed by atoms with Crippen molar-refractivity contribution >= 4 is 43.7 Å². The van der Waals surface area contributed by atoms with E-state index in [0.29, 0.717) is 18.7 Å². The van der Waals surface area contributed by atoms with Crippen LogP contribution in [0.25, 0.3) is 0 Å². The van der Waals surface area contributed by atoms with E-state index < -0.39 is 0 Å². The number of halogens is 2. The summed E-state index contributed by atoms with van der Waals surface area (Å²) in [5.41, 5.74) is 0.571. The van der Waals surface area contributed by atoms with Gasteiger partial charge in [-0.1, -0.05) is 15.9 Å². The summed E-state index contributed by atoms with van der Waals surface area (Å²) < 4.78 is 1.58. The average Bonchev–Trinajstić information content (AvgIpc) is 2.35. The molecule has 0 aliphatic carbocycles. The lowest BCUT2D eigenvalue weighted by Crippen LogP contribution is -2.50. The Morgan fingerprint density at radius 1 is 1.28 bits per heavy atom. The minimum absolute atomic E-state index is 0.0271. The van der Waals surface area contributed by atoms with E-state index in [1.165, 1.54) is 0 Å². The maximum Gasteiger partial charge on any atom is 0.255 e. The van der Waals surface area contributed by atoms with Crippen molar-refractivity contribution in [1.82, 2.24) is 9.80 Å². The second-order valence-corrected chi connectivity index (χ2v) is 5.94. The molecule has 2 amide bonds. The quantitative estimate of drug-likeness (QED) is 0.754. The molecular formula is C12H12Br2N2O2. The number of likely N-dealkylation sites (N-methyl/N-ethyl adjacent to an activating group) is 1. The van der Waals surface area contributed by atoms with Crippen LogP contribution < -0.4 is 0 Å². The Kier molecular flexibility index (Phi) is 4.07. The van der Waals surface area contributed by atoms with Gasteiger partial charge in [-0.15, -0.1) is 0 Å². The molecule has 0 unspecified atom stereocenters. The van der Waals surface area contributed by atoms with Crippen molar-refractivity contribution in [2.75, 3.05) is 26.7 Å². The van der Waals surface area contributed by atoms with Crippen LogP contribution in [-0.4, -0.2) is 48.3 Å². The summed E-state index contributed by atoms with van der Waals surface area (Å²) in [5, 5.41) is 0. The molecule has 6 heteroatoms. The summed E-state index contributed by atoms with van der Waals surface area (Å²) in [5.74, 6) is -0.148. The molecule has 0 atom stereocenters. The molecule has 18 heavy (non-hydrogen) atoms. The number of amides is 2. The SMILES string of the molecule is CN1CCN(C(=O)c2cc(Br)ccc2Br)CC1=O. The Labute approximate surface area is 122 Å². The maximum atomic E-state index is 12.3. The van der Waals surface area contributed by atoms with Crippen molar-refractivity contribution in [2.45, 2.75) is 0 Å². The number of hydrogen-bond acceptors (Lipinski definition) is 2. The van der Waals surface area contributed by atoms with Gasteiger partial charge in [0.05, 0.1) is 5.56 Å². The highest BCUT2D eigenvalue weighted by atomic mass is 79.9. The third kappa shape index (κ3) is 2.75. The van der Waals surface area contributed by atoms with Crippen LogP contribution >= 0.6 is 31.9 Å². The summed E-state index contributed by atoms with van der Waals surface area (Å²) in [6.45, 7) is 1.30. The van der Waals surface area contributed by atoms with E-state index >= 15 is 0 Å². The van der Waals surface area contributed by atoms with Gasteiger partial charge in [-0.05, 0) is 34.1 Å². The normalized spacial score (nSPS) is 16.1. The monoisotopic (exact) mass is 374 g/mol. The second-order valence-electron chi connectivity index (χ2n) is 4.17. The highest BCUT2D eigenvalue weighted by Crippen LogP contribution is 2.23. The van der Waals surface area contributed by atoms with Gasteiger partial charge in [0.25, 0.3) is 5.91 Å². The number of rotatable bonds is 1. The van der Waals surface area contributed by atoms with Gasteiger partial charge in [0.15, 0.2) is 0 Å². The first-order valence-electron chi connectivity index (χ1n) is 5.47. The van der Waals surface area contributed by atoms with Crippen molar-refractivity contribution in [3.8, 4) is 0 Å². The zero-order valence-electron chi connectivity index (χ0n) is 9.82. The van der Waals surface area contributed by atoms with Gasteiger partial charge >= 0.3 is 0 Å². The molecule has 0 bridgehead atoms. The van der Waals surface area contributed by atoms with E-state index in [1.54, 1.807) is 22.9 Å². The first kappa shape index (κ1) is 13.5. The lowest BCUT2D eigenvalue weighted by atomic mass is 10.2. The van der Waals surface area contributed by atoms with Crippen molar-refractivity contribution in [3.05, 3.63) is 32.7 Å². The molecule has 1 aliphatic rings. The zero-order chi connectivity index (χ0) is 13.3. The summed E-state index contributed by atoms with van der Waals surface area (Å²) in [6.07, 6.45) is 0. The highest BCUT2D eigenvalue weighted by Gasteiger charge is 2.26. The number of piperazine rings is 1. The number of hydrogen-bond donors (Lipinski definition) is 0. The molecule has 0 saturated carbocycles. The van der Waals surface area contributed by atoms with E-state index in [1.807, 2.05) is 12.1 Å². The van der Waals surface area contributed by atoms with Gasteiger partial charge in [0, 0.05) is 29.1 Å². The van der Waals surface area contributed by atoms with Gasteiger partial charge in [0.1, 0.15) is 6.54 Å². The van der Waals surface area contributed by atoms with Crippen LogP contribution in [0.4, 0.5) is 0 Å². The summed E-state index contributed by atoms with van der Waals surface area (Å²) in [6, 6.07) is 5.43. The van der Waals surface area contributed by atoms with Crippen molar-refractivity contribution in [1.29, 1.82) is 0 Å². The topological polar surface area (TPSA) is 40.6 Å². The molecule has 1 aromatic rings. The third-order valence-corrected chi connectivity index (χ3v) is 4.09. The summed E-state index contributed by atoms with van der Waals surface area (Å²) in [7, 11) is 1.75. The Balaban J connectivity index is 2.21. The smallest absolute Gasteiger partial charge is 0.255 e. The van der Waals surface area contributed by atoms with E-state index in [0.717, 1.165) is 8.95 Å². The van der Waals surface area contributed by atoms with E-state index in [2.05, 4.69) is 31.9 Å². The van der Waals surface area contributed by atoms with E-state index in [4.69, 9.17) is 0 Å². The molecular weight excluding hydrogens is 364 g/mol. The predicted molar refractivity (Wildman–Crippen MR) is 75.4 cm³/mol.